The summed E-state index contributed by atoms with van der Waals surface area (Å²) < 4.78 is 0. The smallest absolute Gasteiger partial charge is 0.303 e. The first kappa shape index (κ1) is 14.1. The fourth-order valence-electron chi connectivity index (χ4n) is 2.38. The van der Waals surface area contributed by atoms with E-state index < -0.39 is 5.97 Å². The Morgan fingerprint density at radius 2 is 2.05 bits per heavy atom. The number of aliphatic carboxylic acids is 1. The van der Waals surface area contributed by atoms with E-state index in [9.17, 15) is 9.59 Å². The van der Waals surface area contributed by atoms with Gasteiger partial charge in [0, 0.05) is 23.2 Å². The van der Waals surface area contributed by atoms with Crippen molar-refractivity contribution in [2.45, 2.75) is 44.9 Å². The number of carboxylic acid groups (broad SMARTS) is 1. The van der Waals surface area contributed by atoms with Crippen LogP contribution >= 0.6 is 11.3 Å². The predicted molar refractivity (Wildman–Crippen MR) is 74.8 cm³/mol. The van der Waals surface area contributed by atoms with E-state index in [-0.39, 0.29) is 12.3 Å². The highest BCUT2D eigenvalue weighted by Crippen LogP contribution is 2.30. The molecule has 19 heavy (non-hydrogen) atoms. The number of unbranched alkanes of at least 4 members (excludes halogenated alkanes) is 1. The van der Waals surface area contributed by atoms with Crippen LogP contribution in [-0.4, -0.2) is 23.5 Å². The van der Waals surface area contributed by atoms with Gasteiger partial charge in [-0.1, -0.05) is 0 Å². The van der Waals surface area contributed by atoms with Crippen molar-refractivity contribution >= 4 is 23.2 Å². The minimum absolute atomic E-state index is 0.00488. The van der Waals surface area contributed by atoms with Crippen LogP contribution in [0.15, 0.2) is 5.38 Å². The van der Waals surface area contributed by atoms with Crippen LogP contribution in [0.5, 0.6) is 0 Å². The fraction of sp³-hybridized carbons (Fsp3) is 0.571. The van der Waals surface area contributed by atoms with E-state index in [1.807, 2.05) is 5.38 Å². The fourth-order valence-corrected chi connectivity index (χ4v) is 3.51. The first-order chi connectivity index (χ1) is 9.18. The molecule has 1 aromatic heterocycles. The highest BCUT2D eigenvalue weighted by molar-refractivity contribution is 7.10. The number of aryl methyl sites for hydroxylation is 1. The average molecular weight is 281 g/mol. The minimum Gasteiger partial charge on any atom is -0.481 e. The topological polar surface area (TPSA) is 66.4 Å². The molecule has 0 saturated heterocycles. The number of fused-ring (bicyclic) bond motifs is 1. The van der Waals surface area contributed by atoms with Crippen molar-refractivity contribution in [3.63, 3.8) is 0 Å². The second kappa shape index (κ2) is 6.70. The maximum Gasteiger partial charge on any atom is 0.303 e. The lowest BCUT2D eigenvalue weighted by molar-refractivity contribution is -0.137. The molecule has 4 nitrogen and oxygen atoms in total. The van der Waals surface area contributed by atoms with E-state index in [0.29, 0.717) is 19.4 Å². The molecule has 1 aliphatic rings. The van der Waals surface area contributed by atoms with Gasteiger partial charge in [-0.15, -0.1) is 11.3 Å². The Hall–Kier alpha value is -1.36. The van der Waals surface area contributed by atoms with Gasteiger partial charge in [0.15, 0.2) is 0 Å². The van der Waals surface area contributed by atoms with Crippen molar-refractivity contribution in [1.82, 2.24) is 5.32 Å². The monoisotopic (exact) mass is 281 g/mol. The molecule has 0 aliphatic heterocycles. The summed E-state index contributed by atoms with van der Waals surface area (Å²) in [4.78, 5) is 23.8. The van der Waals surface area contributed by atoms with E-state index >= 15 is 0 Å². The normalized spacial score (nSPS) is 13.9. The summed E-state index contributed by atoms with van der Waals surface area (Å²) in [7, 11) is 0. The summed E-state index contributed by atoms with van der Waals surface area (Å²) in [5.41, 5.74) is 2.07. The molecule has 0 atom stereocenters. The molecule has 1 aliphatic carbocycles. The van der Waals surface area contributed by atoms with E-state index in [0.717, 1.165) is 18.4 Å². The number of hydrogen-bond donors (Lipinski definition) is 2. The molecule has 2 rings (SSSR count). The van der Waals surface area contributed by atoms with E-state index in [1.54, 1.807) is 11.3 Å². The molecule has 0 radical (unpaired) electrons. The molecule has 1 amide bonds. The van der Waals surface area contributed by atoms with Gasteiger partial charge in [-0.3, -0.25) is 9.59 Å². The molecular formula is C14H19NO3S. The number of amides is 1. The molecule has 0 unspecified atom stereocenters. The molecule has 1 aromatic rings. The lowest BCUT2D eigenvalue weighted by Gasteiger charge is -2.12. The van der Waals surface area contributed by atoms with E-state index in [4.69, 9.17) is 5.11 Å². The van der Waals surface area contributed by atoms with Crippen LogP contribution in [0.2, 0.25) is 0 Å². The quantitative estimate of drug-likeness (QED) is 0.788. The number of thiophene rings is 1. The van der Waals surface area contributed by atoms with Gasteiger partial charge < -0.3 is 10.4 Å². The Morgan fingerprint density at radius 3 is 2.84 bits per heavy atom. The van der Waals surface area contributed by atoms with E-state index in [1.165, 1.54) is 23.3 Å². The van der Waals surface area contributed by atoms with Crippen LogP contribution in [0, 0.1) is 0 Å². The van der Waals surface area contributed by atoms with Crippen LogP contribution < -0.4 is 5.32 Å². The van der Waals surface area contributed by atoms with Crippen molar-refractivity contribution in [3.8, 4) is 0 Å². The lowest BCUT2D eigenvalue weighted by atomic mass is 9.95. The van der Waals surface area contributed by atoms with Gasteiger partial charge in [-0.05, 0) is 44.1 Å². The maximum atomic E-state index is 12.1. The number of rotatable bonds is 6. The molecule has 0 fully saturated rings. The molecule has 0 aromatic carbocycles. The van der Waals surface area contributed by atoms with Crippen LogP contribution in [0.4, 0.5) is 0 Å². The third-order valence-corrected chi connectivity index (χ3v) is 4.50. The summed E-state index contributed by atoms with van der Waals surface area (Å²) in [5, 5.41) is 13.4. The summed E-state index contributed by atoms with van der Waals surface area (Å²) in [6.45, 7) is 0.552. The van der Waals surface area contributed by atoms with Crippen LogP contribution in [0.1, 0.15) is 52.9 Å². The highest BCUT2D eigenvalue weighted by Gasteiger charge is 2.19. The van der Waals surface area contributed by atoms with Gasteiger partial charge in [-0.25, -0.2) is 0 Å². The Balaban J connectivity index is 1.80. The molecule has 0 bridgehead atoms. The maximum absolute atomic E-state index is 12.1. The first-order valence-electron chi connectivity index (χ1n) is 6.77. The molecule has 0 saturated carbocycles. The first-order valence-corrected chi connectivity index (χ1v) is 7.65. The van der Waals surface area contributed by atoms with Gasteiger partial charge >= 0.3 is 5.97 Å². The molecule has 104 valence electrons. The highest BCUT2D eigenvalue weighted by atomic mass is 32.1. The molecule has 1 heterocycles. The van der Waals surface area contributed by atoms with Crippen molar-refractivity contribution in [2.24, 2.45) is 0 Å². The molecule has 5 heteroatoms. The third kappa shape index (κ3) is 3.80. The van der Waals surface area contributed by atoms with Gasteiger partial charge in [0.25, 0.3) is 5.91 Å². The molecular weight excluding hydrogens is 262 g/mol. The van der Waals surface area contributed by atoms with Gasteiger partial charge in [0.1, 0.15) is 0 Å². The van der Waals surface area contributed by atoms with Crippen LogP contribution in [-0.2, 0) is 17.6 Å². The zero-order chi connectivity index (χ0) is 13.7. The lowest BCUT2D eigenvalue weighted by Crippen LogP contribution is -2.25. The Kier molecular flexibility index (Phi) is 4.96. The molecule has 0 spiro atoms. The van der Waals surface area contributed by atoms with Crippen molar-refractivity contribution in [3.05, 3.63) is 21.4 Å². The number of nitrogens with one attached hydrogen (secondary N) is 1. The number of carboxylic acids is 1. The van der Waals surface area contributed by atoms with Crippen molar-refractivity contribution < 1.29 is 14.7 Å². The summed E-state index contributed by atoms with van der Waals surface area (Å²) in [5.74, 6) is -0.784. The van der Waals surface area contributed by atoms with Gasteiger partial charge in [-0.2, -0.15) is 0 Å². The van der Waals surface area contributed by atoms with Crippen LogP contribution in [0.25, 0.3) is 0 Å². The Morgan fingerprint density at radius 1 is 1.26 bits per heavy atom. The number of hydrogen-bond acceptors (Lipinski definition) is 3. The summed E-state index contributed by atoms with van der Waals surface area (Å²) in [6.07, 6.45) is 6.00. The minimum atomic E-state index is -0.779. The predicted octanol–water partition coefficient (Wildman–Crippen LogP) is 2.61. The number of carbonyl (C=O) groups excluding carboxylic acids is 1. The van der Waals surface area contributed by atoms with Crippen molar-refractivity contribution in [1.29, 1.82) is 0 Å². The standard InChI is InChI=1S/C14H19NO3S/c16-13(17)7-3-4-8-15-14(18)11-9-19-12-6-2-1-5-10(11)12/h9H,1-8H2,(H,15,18)(H,16,17). The number of carbonyl (C=O) groups is 2. The van der Waals surface area contributed by atoms with Crippen LogP contribution in [0.3, 0.4) is 0 Å². The largest absolute Gasteiger partial charge is 0.481 e. The Bertz CT molecular complexity index is 467. The SMILES string of the molecule is O=C(O)CCCCNC(=O)c1csc2c1CCCC2. The van der Waals surface area contributed by atoms with Crippen molar-refractivity contribution in [2.75, 3.05) is 6.54 Å². The third-order valence-electron chi connectivity index (χ3n) is 3.41. The summed E-state index contributed by atoms with van der Waals surface area (Å²) in [6, 6.07) is 0. The Labute approximate surface area is 116 Å². The second-order valence-electron chi connectivity index (χ2n) is 4.86. The molecule has 2 N–H and O–H groups in total. The van der Waals surface area contributed by atoms with E-state index in [2.05, 4.69) is 5.32 Å². The van der Waals surface area contributed by atoms with Gasteiger partial charge in [0.2, 0.25) is 0 Å². The second-order valence-corrected chi connectivity index (χ2v) is 5.83. The summed E-state index contributed by atoms with van der Waals surface area (Å²) >= 11 is 1.69. The zero-order valence-corrected chi connectivity index (χ0v) is 11.7. The average Bonchev–Trinajstić information content (AvgIpc) is 2.81. The zero-order valence-electron chi connectivity index (χ0n) is 10.9. The van der Waals surface area contributed by atoms with Gasteiger partial charge in [0.05, 0.1) is 5.56 Å².